The van der Waals surface area contributed by atoms with Gasteiger partial charge < -0.3 is 10.1 Å². The molecule has 98 valence electrons. The molecule has 1 fully saturated rings. The van der Waals surface area contributed by atoms with Crippen molar-refractivity contribution >= 4 is 0 Å². The Morgan fingerprint density at radius 3 is 2.94 bits per heavy atom. The minimum Gasteiger partial charge on any atom is -0.493 e. The molecule has 1 unspecified atom stereocenters. The highest BCUT2D eigenvalue weighted by Crippen LogP contribution is 2.39. The van der Waals surface area contributed by atoms with Gasteiger partial charge in [-0.25, -0.2) is 0 Å². The average Bonchev–Trinajstić information content (AvgIpc) is 2.38. The lowest BCUT2D eigenvalue weighted by Crippen LogP contribution is -2.24. The van der Waals surface area contributed by atoms with Gasteiger partial charge in [0.15, 0.2) is 0 Å². The average molecular weight is 245 g/mol. The van der Waals surface area contributed by atoms with Gasteiger partial charge in [-0.2, -0.15) is 0 Å². The van der Waals surface area contributed by atoms with Crippen LogP contribution in [0.4, 0.5) is 0 Å². The van der Waals surface area contributed by atoms with Crippen molar-refractivity contribution in [3.05, 3.63) is 29.3 Å². The van der Waals surface area contributed by atoms with Gasteiger partial charge in [-0.1, -0.05) is 37.5 Å². The monoisotopic (exact) mass is 245 g/mol. The second-order valence-electron chi connectivity index (χ2n) is 5.66. The summed E-state index contributed by atoms with van der Waals surface area (Å²) in [5.74, 6) is 2.09. The molecule has 1 N–H and O–H groups in total. The summed E-state index contributed by atoms with van der Waals surface area (Å²) in [6.07, 6.45) is 7.83. The van der Waals surface area contributed by atoms with E-state index in [0.717, 1.165) is 18.9 Å². The number of hydrogen-bond donors (Lipinski definition) is 1. The third-order valence-electron chi connectivity index (χ3n) is 4.48. The van der Waals surface area contributed by atoms with E-state index >= 15 is 0 Å². The van der Waals surface area contributed by atoms with Gasteiger partial charge in [0, 0.05) is 11.6 Å². The van der Waals surface area contributed by atoms with Gasteiger partial charge in [0.25, 0.3) is 0 Å². The van der Waals surface area contributed by atoms with E-state index in [1.165, 1.54) is 49.0 Å². The Morgan fingerprint density at radius 1 is 1.33 bits per heavy atom. The maximum absolute atomic E-state index is 5.93. The van der Waals surface area contributed by atoms with Crippen LogP contribution in [-0.2, 0) is 6.42 Å². The lowest BCUT2D eigenvalue weighted by Gasteiger charge is -2.31. The maximum atomic E-state index is 5.93. The van der Waals surface area contributed by atoms with Gasteiger partial charge >= 0.3 is 0 Å². The Balaban J connectivity index is 1.84. The number of hydrogen-bond acceptors (Lipinski definition) is 2. The predicted octanol–water partition coefficient (Wildman–Crippen LogP) is 3.46. The Morgan fingerprint density at radius 2 is 2.22 bits per heavy atom. The van der Waals surface area contributed by atoms with Gasteiger partial charge in [0.2, 0.25) is 0 Å². The van der Waals surface area contributed by atoms with Crippen LogP contribution in [0.3, 0.4) is 0 Å². The summed E-state index contributed by atoms with van der Waals surface area (Å²) in [4.78, 5) is 0. The van der Waals surface area contributed by atoms with Crippen LogP contribution >= 0.6 is 0 Å². The Hall–Kier alpha value is -1.02. The smallest absolute Gasteiger partial charge is 0.127 e. The molecule has 1 heterocycles. The van der Waals surface area contributed by atoms with Crippen LogP contribution in [0.15, 0.2) is 18.2 Å². The second-order valence-corrected chi connectivity index (χ2v) is 5.66. The van der Waals surface area contributed by atoms with Gasteiger partial charge in [0.1, 0.15) is 5.75 Å². The van der Waals surface area contributed by atoms with Crippen LogP contribution in [0, 0.1) is 5.92 Å². The van der Waals surface area contributed by atoms with Gasteiger partial charge in [-0.05, 0) is 37.8 Å². The summed E-state index contributed by atoms with van der Waals surface area (Å²) in [5, 5.41) is 3.49. The molecule has 1 aliphatic heterocycles. The lowest BCUT2D eigenvalue weighted by molar-refractivity contribution is 0.253. The molecule has 2 aliphatic rings. The quantitative estimate of drug-likeness (QED) is 0.877. The van der Waals surface area contributed by atoms with E-state index < -0.39 is 0 Å². The van der Waals surface area contributed by atoms with Gasteiger partial charge in [0.05, 0.1) is 6.61 Å². The topological polar surface area (TPSA) is 21.3 Å². The molecule has 1 aromatic rings. The minimum atomic E-state index is 0.461. The first-order chi connectivity index (χ1) is 8.88. The van der Waals surface area contributed by atoms with Crippen molar-refractivity contribution in [3.63, 3.8) is 0 Å². The van der Waals surface area contributed by atoms with E-state index in [9.17, 15) is 0 Å². The van der Waals surface area contributed by atoms with E-state index in [4.69, 9.17) is 4.74 Å². The Kier molecular flexibility index (Phi) is 3.55. The second kappa shape index (κ2) is 5.31. The summed E-state index contributed by atoms with van der Waals surface area (Å²) in [6.45, 7) is 0.879. The molecule has 2 heteroatoms. The molecule has 18 heavy (non-hydrogen) atoms. The first-order valence-electron chi connectivity index (χ1n) is 7.30. The van der Waals surface area contributed by atoms with Crippen LogP contribution in [0.25, 0.3) is 0 Å². The van der Waals surface area contributed by atoms with Crippen molar-refractivity contribution in [1.82, 2.24) is 5.32 Å². The largest absolute Gasteiger partial charge is 0.493 e. The van der Waals surface area contributed by atoms with Gasteiger partial charge in [-0.15, -0.1) is 0 Å². The molecular formula is C16H23NO. The predicted molar refractivity (Wildman–Crippen MR) is 74.0 cm³/mol. The molecule has 0 radical (unpaired) electrons. The summed E-state index contributed by atoms with van der Waals surface area (Å²) < 4.78 is 5.93. The molecule has 1 aromatic carbocycles. The number of benzene rings is 1. The molecule has 1 atom stereocenters. The number of nitrogens with one attached hydrogen (secondary N) is 1. The zero-order valence-electron chi connectivity index (χ0n) is 11.2. The summed E-state index contributed by atoms with van der Waals surface area (Å²) in [6, 6.07) is 7.11. The van der Waals surface area contributed by atoms with Crippen molar-refractivity contribution < 1.29 is 4.74 Å². The van der Waals surface area contributed by atoms with E-state index in [1.54, 1.807) is 0 Å². The number of aryl methyl sites for hydroxylation is 1. The summed E-state index contributed by atoms with van der Waals surface area (Å²) >= 11 is 0. The van der Waals surface area contributed by atoms with Crippen molar-refractivity contribution in [3.8, 4) is 5.75 Å². The molecule has 0 amide bonds. The zero-order chi connectivity index (χ0) is 12.4. The molecule has 3 rings (SSSR count). The normalized spacial score (nSPS) is 20.7. The van der Waals surface area contributed by atoms with Crippen LogP contribution in [-0.4, -0.2) is 13.7 Å². The third kappa shape index (κ3) is 2.26. The number of rotatable bonds is 4. The molecule has 1 saturated carbocycles. The molecule has 0 spiro atoms. The van der Waals surface area contributed by atoms with Crippen LogP contribution in [0.1, 0.15) is 49.3 Å². The standard InChI is InChI=1S/C16H23NO/c1-17-15(11-12-5-2-6-12)14-9-3-7-13-8-4-10-18-16(13)14/h3,7,9,12,15,17H,2,4-6,8,10-11H2,1H3. The number of para-hydroxylation sites is 1. The maximum Gasteiger partial charge on any atom is 0.127 e. The Labute approximate surface area is 110 Å². The Bertz CT molecular complexity index is 412. The first-order valence-corrected chi connectivity index (χ1v) is 7.30. The minimum absolute atomic E-state index is 0.461. The van der Waals surface area contributed by atoms with Crippen LogP contribution in [0.2, 0.25) is 0 Å². The highest BCUT2D eigenvalue weighted by atomic mass is 16.5. The molecule has 2 nitrogen and oxygen atoms in total. The zero-order valence-corrected chi connectivity index (χ0v) is 11.2. The van der Waals surface area contributed by atoms with E-state index in [-0.39, 0.29) is 0 Å². The first kappa shape index (κ1) is 12.0. The van der Waals surface area contributed by atoms with Crippen LogP contribution < -0.4 is 10.1 Å². The molecule has 1 aliphatic carbocycles. The van der Waals surface area contributed by atoms with Crippen molar-refractivity contribution in [2.24, 2.45) is 5.92 Å². The van der Waals surface area contributed by atoms with Crippen molar-refractivity contribution in [2.45, 2.75) is 44.6 Å². The SMILES string of the molecule is CNC(CC1CCC1)c1cccc2c1OCCC2. The van der Waals surface area contributed by atoms with Crippen molar-refractivity contribution in [2.75, 3.05) is 13.7 Å². The molecule has 0 saturated heterocycles. The van der Waals surface area contributed by atoms with Crippen LogP contribution in [0.5, 0.6) is 5.75 Å². The fourth-order valence-corrected chi connectivity index (χ4v) is 3.15. The molecule has 0 bridgehead atoms. The number of ether oxygens (including phenoxy) is 1. The highest BCUT2D eigenvalue weighted by molar-refractivity contribution is 5.44. The summed E-state index contributed by atoms with van der Waals surface area (Å²) in [5.41, 5.74) is 2.77. The molecular weight excluding hydrogens is 222 g/mol. The van der Waals surface area contributed by atoms with E-state index in [0.29, 0.717) is 6.04 Å². The molecule has 0 aromatic heterocycles. The lowest BCUT2D eigenvalue weighted by atomic mass is 9.79. The summed E-state index contributed by atoms with van der Waals surface area (Å²) in [7, 11) is 2.07. The van der Waals surface area contributed by atoms with E-state index in [1.807, 2.05) is 0 Å². The fraction of sp³-hybridized carbons (Fsp3) is 0.625. The number of fused-ring (bicyclic) bond motifs is 1. The third-order valence-corrected chi connectivity index (χ3v) is 4.48. The van der Waals surface area contributed by atoms with Gasteiger partial charge in [-0.3, -0.25) is 0 Å². The fourth-order valence-electron chi connectivity index (χ4n) is 3.15. The van der Waals surface area contributed by atoms with E-state index in [2.05, 4.69) is 30.6 Å². The highest BCUT2D eigenvalue weighted by Gasteiger charge is 2.25. The van der Waals surface area contributed by atoms with Crippen molar-refractivity contribution in [1.29, 1.82) is 0 Å².